The van der Waals surface area contributed by atoms with Gasteiger partial charge in [-0.2, -0.15) is 0 Å². The number of carbonyl (C=O) groups is 1. The molecule has 1 unspecified atom stereocenters. The van der Waals surface area contributed by atoms with Gasteiger partial charge in [-0.25, -0.2) is 4.79 Å². The van der Waals surface area contributed by atoms with Crippen LogP contribution in [0, 0.1) is 0 Å². The minimum atomic E-state index is -0.345. The van der Waals surface area contributed by atoms with Gasteiger partial charge in [0, 0.05) is 12.4 Å². The summed E-state index contributed by atoms with van der Waals surface area (Å²) in [5.74, 6) is -0.258. The Morgan fingerprint density at radius 3 is 3.46 bits per heavy atom. The third kappa shape index (κ3) is 1.31. The van der Waals surface area contributed by atoms with E-state index in [1.807, 2.05) is 6.21 Å². The van der Waals surface area contributed by atoms with E-state index in [0.717, 1.165) is 12.2 Å². The van der Waals surface area contributed by atoms with Crippen LogP contribution in [0.25, 0.3) is 0 Å². The number of esters is 1. The molecule has 2 rings (SSSR count). The van der Waals surface area contributed by atoms with Crippen molar-refractivity contribution in [2.24, 2.45) is 4.99 Å². The highest BCUT2D eigenvalue weighted by Gasteiger charge is 2.33. The first kappa shape index (κ1) is 8.25. The van der Waals surface area contributed by atoms with Crippen LogP contribution >= 0.6 is 0 Å². The lowest BCUT2D eigenvalue weighted by Crippen LogP contribution is -2.33. The van der Waals surface area contributed by atoms with Crippen LogP contribution in [0.1, 0.15) is 0 Å². The fourth-order valence-corrected chi connectivity index (χ4v) is 1.50. The third-order valence-electron chi connectivity index (χ3n) is 2.20. The minimum absolute atomic E-state index is 0.258. The SMILES string of the molecule is COC(=O)C1NCN2CC=NC=C12. The van der Waals surface area contributed by atoms with E-state index in [0.29, 0.717) is 6.67 Å². The van der Waals surface area contributed by atoms with Gasteiger partial charge >= 0.3 is 5.97 Å². The number of carbonyl (C=O) groups excluding carboxylic acids is 1. The first-order valence-corrected chi connectivity index (χ1v) is 4.11. The van der Waals surface area contributed by atoms with E-state index in [2.05, 4.69) is 19.9 Å². The van der Waals surface area contributed by atoms with Crippen molar-refractivity contribution in [3.63, 3.8) is 0 Å². The van der Waals surface area contributed by atoms with E-state index in [-0.39, 0.29) is 12.0 Å². The Kier molecular flexibility index (Phi) is 2.02. The van der Waals surface area contributed by atoms with Gasteiger partial charge in [-0.1, -0.05) is 0 Å². The number of hydrogen-bond donors (Lipinski definition) is 1. The molecule has 13 heavy (non-hydrogen) atoms. The lowest BCUT2D eigenvalue weighted by molar-refractivity contribution is -0.141. The standard InChI is InChI=1S/C8H11N3O2/c1-13-8(12)7-6-4-9-2-3-11(6)5-10-7/h2,4,7,10H,3,5H2,1H3. The number of aliphatic imine (C=N–C) groups is 1. The summed E-state index contributed by atoms with van der Waals surface area (Å²) >= 11 is 0. The summed E-state index contributed by atoms with van der Waals surface area (Å²) in [6.07, 6.45) is 3.51. The number of nitrogens with one attached hydrogen (secondary N) is 1. The van der Waals surface area contributed by atoms with Crippen molar-refractivity contribution in [3.05, 3.63) is 11.9 Å². The summed E-state index contributed by atoms with van der Waals surface area (Å²) in [6.45, 7) is 1.43. The van der Waals surface area contributed by atoms with Crippen LogP contribution in [0.15, 0.2) is 16.9 Å². The molecule has 1 N–H and O–H groups in total. The highest BCUT2D eigenvalue weighted by atomic mass is 16.5. The van der Waals surface area contributed by atoms with E-state index in [4.69, 9.17) is 0 Å². The summed E-state index contributed by atoms with van der Waals surface area (Å²) in [5.41, 5.74) is 0.898. The molecule has 5 heteroatoms. The molecule has 2 aliphatic heterocycles. The van der Waals surface area contributed by atoms with E-state index in [1.54, 1.807) is 6.20 Å². The van der Waals surface area contributed by atoms with Gasteiger partial charge in [0.05, 0.1) is 26.0 Å². The summed E-state index contributed by atoms with van der Waals surface area (Å²) in [6, 6.07) is -0.345. The first-order chi connectivity index (χ1) is 6.33. The molecular formula is C8H11N3O2. The monoisotopic (exact) mass is 181 g/mol. The van der Waals surface area contributed by atoms with E-state index in [9.17, 15) is 4.79 Å². The molecule has 70 valence electrons. The van der Waals surface area contributed by atoms with Gasteiger partial charge in [0.25, 0.3) is 0 Å². The Morgan fingerprint density at radius 2 is 2.69 bits per heavy atom. The second kappa shape index (κ2) is 3.18. The van der Waals surface area contributed by atoms with Gasteiger partial charge in [0.2, 0.25) is 0 Å². The summed E-state index contributed by atoms with van der Waals surface area (Å²) in [5, 5.41) is 3.05. The van der Waals surface area contributed by atoms with Crippen LogP contribution in [-0.4, -0.2) is 43.4 Å². The van der Waals surface area contributed by atoms with Gasteiger partial charge in [-0.05, 0) is 0 Å². The predicted octanol–water partition coefficient (Wildman–Crippen LogP) is -0.683. The van der Waals surface area contributed by atoms with Gasteiger partial charge in [-0.3, -0.25) is 10.3 Å². The number of hydrogen-bond acceptors (Lipinski definition) is 5. The maximum absolute atomic E-state index is 11.3. The van der Waals surface area contributed by atoms with Crippen LogP contribution in [0.2, 0.25) is 0 Å². The van der Waals surface area contributed by atoms with E-state index >= 15 is 0 Å². The Bertz CT molecular complexity index is 285. The van der Waals surface area contributed by atoms with Crippen LogP contribution < -0.4 is 5.32 Å². The van der Waals surface area contributed by atoms with Crippen LogP contribution in [0.4, 0.5) is 0 Å². The topological polar surface area (TPSA) is 53.9 Å². The second-order valence-electron chi connectivity index (χ2n) is 2.93. The van der Waals surface area contributed by atoms with Gasteiger partial charge in [0.1, 0.15) is 6.04 Å². The summed E-state index contributed by atoms with van der Waals surface area (Å²) < 4.78 is 4.66. The van der Waals surface area contributed by atoms with Crippen LogP contribution in [0.3, 0.4) is 0 Å². The summed E-state index contributed by atoms with van der Waals surface area (Å²) in [7, 11) is 1.39. The van der Waals surface area contributed by atoms with Crippen molar-refractivity contribution in [1.82, 2.24) is 10.2 Å². The molecule has 0 saturated carbocycles. The highest BCUT2D eigenvalue weighted by Crippen LogP contribution is 2.18. The van der Waals surface area contributed by atoms with Gasteiger partial charge < -0.3 is 9.64 Å². The average molecular weight is 181 g/mol. The molecule has 0 aromatic carbocycles. The van der Waals surface area contributed by atoms with Crippen molar-refractivity contribution in [2.45, 2.75) is 6.04 Å². The molecule has 5 nitrogen and oxygen atoms in total. The predicted molar refractivity (Wildman–Crippen MR) is 47.1 cm³/mol. The molecule has 2 aliphatic rings. The van der Waals surface area contributed by atoms with Crippen molar-refractivity contribution in [2.75, 3.05) is 20.3 Å². The molecular weight excluding hydrogens is 170 g/mol. The fourth-order valence-electron chi connectivity index (χ4n) is 1.50. The zero-order valence-corrected chi connectivity index (χ0v) is 7.36. The molecule has 0 bridgehead atoms. The molecule has 0 spiro atoms. The quantitative estimate of drug-likeness (QED) is 0.544. The molecule has 0 amide bonds. The number of nitrogens with zero attached hydrogens (tertiary/aromatic N) is 2. The largest absolute Gasteiger partial charge is 0.468 e. The average Bonchev–Trinajstić information content (AvgIpc) is 2.60. The number of methoxy groups -OCH3 is 1. The van der Waals surface area contributed by atoms with Gasteiger partial charge in [0.15, 0.2) is 0 Å². The lowest BCUT2D eigenvalue weighted by Gasteiger charge is -2.19. The molecule has 2 heterocycles. The zero-order valence-electron chi connectivity index (χ0n) is 7.36. The van der Waals surface area contributed by atoms with Crippen molar-refractivity contribution in [3.8, 4) is 0 Å². The fraction of sp³-hybridized carbons (Fsp3) is 0.500. The third-order valence-corrected chi connectivity index (χ3v) is 2.20. The normalized spacial score (nSPS) is 25.5. The molecule has 1 saturated heterocycles. The molecule has 1 atom stereocenters. The molecule has 0 aliphatic carbocycles. The lowest BCUT2D eigenvalue weighted by atomic mass is 10.2. The maximum Gasteiger partial charge on any atom is 0.329 e. The number of fused-ring (bicyclic) bond motifs is 1. The van der Waals surface area contributed by atoms with Gasteiger partial charge in [-0.15, -0.1) is 0 Å². The smallest absolute Gasteiger partial charge is 0.329 e. The molecule has 0 aromatic rings. The van der Waals surface area contributed by atoms with Crippen molar-refractivity contribution in [1.29, 1.82) is 0 Å². The Balaban J connectivity index is 2.19. The highest BCUT2D eigenvalue weighted by molar-refractivity contribution is 5.80. The zero-order chi connectivity index (χ0) is 9.26. The van der Waals surface area contributed by atoms with E-state index < -0.39 is 0 Å². The summed E-state index contributed by atoms with van der Waals surface area (Å²) in [4.78, 5) is 17.3. The number of ether oxygens (including phenoxy) is 1. The molecule has 1 fully saturated rings. The molecule has 0 radical (unpaired) electrons. The Hall–Kier alpha value is -1.36. The van der Waals surface area contributed by atoms with E-state index in [1.165, 1.54) is 7.11 Å². The van der Waals surface area contributed by atoms with Crippen LogP contribution in [0.5, 0.6) is 0 Å². The molecule has 0 aromatic heterocycles. The van der Waals surface area contributed by atoms with Crippen molar-refractivity contribution < 1.29 is 9.53 Å². The Labute approximate surface area is 76.1 Å². The first-order valence-electron chi connectivity index (χ1n) is 4.11. The maximum atomic E-state index is 11.3. The van der Waals surface area contributed by atoms with Crippen molar-refractivity contribution >= 4 is 12.2 Å². The number of rotatable bonds is 1. The Morgan fingerprint density at radius 1 is 1.85 bits per heavy atom. The minimum Gasteiger partial charge on any atom is -0.468 e. The second-order valence-corrected chi connectivity index (χ2v) is 2.93. The van der Waals surface area contributed by atoms with Crippen LogP contribution in [-0.2, 0) is 9.53 Å².